The number of aromatic nitrogens is 1. The third kappa shape index (κ3) is 2.46. The molecule has 0 aliphatic heterocycles. The van der Waals surface area contributed by atoms with Crippen LogP contribution in [0.3, 0.4) is 0 Å². The normalized spacial score (nSPS) is 10.4. The fraction of sp³-hybridized carbons (Fsp3) is 0.286. The maximum atomic E-state index is 6.20. The van der Waals surface area contributed by atoms with Crippen LogP contribution < -0.4 is 10.2 Å². The van der Waals surface area contributed by atoms with Crippen molar-refractivity contribution in [2.24, 2.45) is 0 Å². The lowest BCUT2D eigenvalue weighted by Crippen LogP contribution is -2.17. The zero-order valence-corrected chi connectivity index (χ0v) is 11.6. The van der Waals surface area contributed by atoms with E-state index < -0.39 is 0 Å². The quantitative estimate of drug-likeness (QED) is 0.915. The van der Waals surface area contributed by atoms with Gasteiger partial charge in [0.1, 0.15) is 5.75 Å². The largest absolute Gasteiger partial charge is 0.496 e. The predicted octanol–water partition coefficient (Wildman–Crippen LogP) is 3.51. The van der Waals surface area contributed by atoms with E-state index >= 15 is 0 Å². The van der Waals surface area contributed by atoms with Crippen LogP contribution >= 0.6 is 11.6 Å². The van der Waals surface area contributed by atoms with Gasteiger partial charge < -0.3 is 10.2 Å². The van der Waals surface area contributed by atoms with E-state index in [0.717, 1.165) is 11.3 Å². The summed E-state index contributed by atoms with van der Waals surface area (Å²) in [6.45, 7) is 4.74. The Morgan fingerprint density at radius 1 is 1.17 bits per heavy atom. The molecule has 4 heteroatoms. The van der Waals surface area contributed by atoms with Crippen molar-refractivity contribution < 1.29 is 4.74 Å². The van der Waals surface area contributed by atoms with Gasteiger partial charge in [0.05, 0.1) is 13.7 Å². The molecule has 96 valence electrons. The molecule has 3 nitrogen and oxygen atoms in total. The van der Waals surface area contributed by atoms with Crippen LogP contribution in [0.25, 0.3) is 0 Å². The summed E-state index contributed by atoms with van der Waals surface area (Å²) in [6.07, 6.45) is 0. The number of hydrogen-bond acceptors (Lipinski definition) is 2. The monoisotopic (exact) mass is 264 g/mol. The highest BCUT2D eigenvalue weighted by Crippen LogP contribution is 2.26. The molecule has 0 atom stereocenters. The molecule has 0 aliphatic rings. The minimum absolute atomic E-state index is 0.624. The van der Waals surface area contributed by atoms with Crippen molar-refractivity contribution in [2.45, 2.75) is 20.4 Å². The van der Waals surface area contributed by atoms with Crippen molar-refractivity contribution >= 4 is 11.6 Å². The first-order chi connectivity index (χ1) is 8.63. The molecule has 1 aromatic heterocycles. The van der Waals surface area contributed by atoms with Crippen LogP contribution in [-0.2, 0) is 6.54 Å². The van der Waals surface area contributed by atoms with Gasteiger partial charge >= 0.3 is 0 Å². The Kier molecular flexibility index (Phi) is 3.82. The second-order valence-electron chi connectivity index (χ2n) is 4.21. The van der Waals surface area contributed by atoms with Crippen molar-refractivity contribution in [3.05, 3.63) is 52.3 Å². The maximum Gasteiger partial charge on any atom is 0.125 e. The van der Waals surface area contributed by atoms with Gasteiger partial charge in [-0.3, -0.25) is 4.68 Å². The second kappa shape index (κ2) is 5.36. The van der Waals surface area contributed by atoms with E-state index in [4.69, 9.17) is 16.3 Å². The smallest absolute Gasteiger partial charge is 0.125 e. The zero-order valence-electron chi connectivity index (χ0n) is 10.8. The molecule has 1 N–H and O–H groups in total. The predicted molar refractivity (Wildman–Crippen MR) is 75.0 cm³/mol. The van der Waals surface area contributed by atoms with Gasteiger partial charge in [0.25, 0.3) is 0 Å². The molecule has 2 rings (SSSR count). The number of nitrogens with one attached hydrogen (secondary N) is 1. The van der Waals surface area contributed by atoms with Gasteiger partial charge in [0.2, 0.25) is 0 Å². The summed E-state index contributed by atoms with van der Waals surface area (Å²) in [4.78, 5) is 0. The van der Waals surface area contributed by atoms with Gasteiger partial charge in [-0.2, -0.15) is 0 Å². The Hall–Kier alpha value is -1.61. The molecule has 0 radical (unpaired) electrons. The van der Waals surface area contributed by atoms with Crippen molar-refractivity contribution in [2.75, 3.05) is 12.5 Å². The topological polar surface area (TPSA) is 26.2 Å². The van der Waals surface area contributed by atoms with E-state index in [1.54, 1.807) is 7.11 Å². The van der Waals surface area contributed by atoms with Crippen molar-refractivity contribution in [3.63, 3.8) is 0 Å². The lowest BCUT2D eigenvalue weighted by molar-refractivity contribution is 0.410. The summed E-state index contributed by atoms with van der Waals surface area (Å²) in [5.41, 5.74) is 6.64. The van der Waals surface area contributed by atoms with Gasteiger partial charge in [-0.05, 0) is 38.1 Å². The number of halogens is 1. The Morgan fingerprint density at radius 3 is 2.44 bits per heavy atom. The molecule has 0 aliphatic carbocycles. The Balaban J connectivity index is 2.20. The Bertz CT molecular complexity index is 529. The van der Waals surface area contributed by atoms with Gasteiger partial charge in [-0.1, -0.05) is 17.7 Å². The molecule has 0 spiro atoms. The number of methoxy groups -OCH3 is 1. The lowest BCUT2D eigenvalue weighted by atomic mass is 10.2. The fourth-order valence-corrected chi connectivity index (χ4v) is 2.21. The molecular formula is C14H17ClN2O. The van der Waals surface area contributed by atoms with E-state index in [1.807, 2.05) is 22.9 Å². The number of benzene rings is 1. The summed E-state index contributed by atoms with van der Waals surface area (Å²) in [6, 6.07) is 9.82. The lowest BCUT2D eigenvalue weighted by Gasteiger charge is -2.15. The molecule has 0 saturated heterocycles. The van der Waals surface area contributed by atoms with Gasteiger partial charge in [0.15, 0.2) is 0 Å². The molecule has 0 unspecified atom stereocenters. The first-order valence-electron chi connectivity index (χ1n) is 5.83. The molecule has 0 bridgehead atoms. The van der Waals surface area contributed by atoms with E-state index in [-0.39, 0.29) is 0 Å². The van der Waals surface area contributed by atoms with E-state index in [1.165, 1.54) is 11.4 Å². The minimum Gasteiger partial charge on any atom is -0.496 e. The molecule has 1 heterocycles. The summed E-state index contributed by atoms with van der Waals surface area (Å²) in [7, 11) is 1.65. The summed E-state index contributed by atoms with van der Waals surface area (Å²) >= 11 is 6.20. The van der Waals surface area contributed by atoms with Crippen LogP contribution in [0.2, 0.25) is 5.02 Å². The van der Waals surface area contributed by atoms with E-state index in [9.17, 15) is 0 Å². The maximum absolute atomic E-state index is 6.20. The van der Waals surface area contributed by atoms with Crippen molar-refractivity contribution in [1.29, 1.82) is 0 Å². The van der Waals surface area contributed by atoms with Crippen LogP contribution in [0.15, 0.2) is 30.3 Å². The van der Waals surface area contributed by atoms with Gasteiger partial charge in [0, 0.05) is 22.0 Å². The molecule has 0 fully saturated rings. The van der Waals surface area contributed by atoms with Crippen LogP contribution in [0.1, 0.15) is 17.0 Å². The molecule has 18 heavy (non-hydrogen) atoms. The molecule has 2 aromatic rings. The molecule has 0 amide bonds. The standard InChI is InChI=1S/C14H17ClN2O/c1-10-7-8-11(2)17(10)16-9-12-13(15)5-4-6-14(12)18-3/h4-8,16H,9H2,1-3H3. The zero-order chi connectivity index (χ0) is 13.1. The minimum atomic E-state index is 0.624. The van der Waals surface area contributed by atoms with Gasteiger partial charge in [-0.25, -0.2) is 0 Å². The molecule has 1 aromatic carbocycles. The van der Waals surface area contributed by atoms with E-state index in [2.05, 4.69) is 31.4 Å². The van der Waals surface area contributed by atoms with Crippen LogP contribution in [0, 0.1) is 13.8 Å². The SMILES string of the molecule is COc1cccc(Cl)c1CNn1c(C)ccc1C. The number of aryl methyl sites for hydroxylation is 2. The number of hydrogen-bond donors (Lipinski definition) is 1. The van der Waals surface area contributed by atoms with Crippen molar-refractivity contribution in [3.8, 4) is 5.75 Å². The molecule has 0 saturated carbocycles. The Morgan fingerprint density at radius 2 is 1.83 bits per heavy atom. The van der Waals surface area contributed by atoms with Crippen LogP contribution in [0.4, 0.5) is 0 Å². The van der Waals surface area contributed by atoms with Gasteiger partial charge in [-0.15, -0.1) is 0 Å². The average Bonchev–Trinajstić information content (AvgIpc) is 2.68. The third-order valence-electron chi connectivity index (χ3n) is 2.98. The van der Waals surface area contributed by atoms with Crippen molar-refractivity contribution in [1.82, 2.24) is 4.68 Å². The summed E-state index contributed by atoms with van der Waals surface area (Å²) in [5, 5.41) is 0.712. The third-order valence-corrected chi connectivity index (χ3v) is 3.33. The van der Waals surface area contributed by atoms with E-state index in [0.29, 0.717) is 11.6 Å². The highest BCUT2D eigenvalue weighted by atomic mass is 35.5. The summed E-state index contributed by atoms with van der Waals surface area (Å²) < 4.78 is 7.37. The Labute approximate surface area is 112 Å². The number of rotatable bonds is 4. The highest BCUT2D eigenvalue weighted by molar-refractivity contribution is 6.31. The fourth-order valence-electron chi connectivity index (χ4n) is 1.98. The average molecular weight is 265 g/mol. The number of nitrogens with zero attached hydrogens (tertiary/aromatic N) is 1. The highest BCUT2D eigenvalue weighted by Gasteiger charge is 2.08. The molecular weight excluding hydrogens is 248 g/mol. The second-order valence-corrected chi connectivity index (χ2v) is 4.61. The van der Waals surface area contributed by atoms with Crippen LogP contribution in [-0.4, -0.2) is 11.8 Å². The van der Waals surface area contributed by atoms with Crippen LogP contribution in [0.5, 0.6) is 5.75 Å². The first kappa shape index (κ1) is 12.8. The first-order valence-corrected chi connectivity index (χ1v) is 6.21. The number of ether oxygens (including phenoxy) is 1. The summed E-state index contributed by atoms with van der Waals surface area (Å²) in [5.74, 6) is 0.803.